The number of nitrogens with zero attached hydrogens (tertiary/aromatic N) is 4. The van der Waals surface area contributed by atoms with Crippen molar-refractivity contribution in [2.75, 3.05) is 18.0 Å². The monoisotopic (exact) mass is 350 g/mol. The summed E-state index contributed by atoms with van der Waals surface area (Å²) in [5, 5.41) is 8.65. The minimum atomic E-state index is -4.59. The Morgan fingerprint density at radius 2 is 2.09 bits per heavy atom. The molecule has 0 radical (unpaired) electrons. The van der Waals surface area contributed by atoms with Crippen LogP contribution in [-0.2, 0) is 11.0 Å². The van der Waals surface area contributed by atoms with Crippen LogP contribution < -0.4 is 4.90 Å². The van der Waals surface area contributed by atoms with Gasteiger partial charge in [0.2, 0.25) is 5.28 Å². The van der Waals surface area contributed by atoms with Gasteiger partial charge in [-0.15, -0.1) is 0 Å². The highest BCUT2D eigenvalue weighted by atomic mass is 35.5. The van der Waals surface area contributed by atoms with Crippen molar-refractivity contribution in [3.8, 4) is 0 Å². The predicted molar refractivity (Wildman–Crippen MR) is 75.4 cm³/mol. The van der Waals surface area contributed by atoms with Crippen LogP contribution >= 0.6 is 11.6 Å². The van der Waals surface area contributed by atoms with E-state index in [1.165, 1.54) is 0 Å². The zero-order valence-corrected chi connectivity index (χ0v) is 12.8. The molecule has 1 unspecified atom stereocenters. The minimum Gasteiger partial charge on any atom is -0.480 e. The van der Waals surface area contributed by atoms with Crippen molar-refractivity contribution in [1.29, 1.82) is 0 Å². The number of carboxylic acid groups (broad SMARTS) is 1. The molecule has 10 heteroatoms. The number of hydrogen-bond acceptors (Lipinski definition) is 5. The maximum Gasteiger partial charge on any atom is 0.433 e. The zero-order valence-electron chi connectivity index (χ0n) is 12.1. The fourth-order valence-electron chi connectivity index (χ4n) is 3.29. The third-order valence-corrected chi connectivity index (χ3v) is 4.58. The summed E-state index contributed by atoms with van der Waals surface area (Å²) in [6.07, 6.45) is -3.90. The molecule has 6 nitrogen and oxygen atoms in total. The summed E-state index contributed by atoms with van der Waals surface area (Å²) in [5.41, 5.74) is -1.08. The molecule has 2 bridgehead atoms. The van der Waals surface area contributed by atoms with E-state index in [1.54, 1.807) is 11.8 Å². The van der Waals surface area contributed by atoms with Crippen LogP contribution in [0.2, 0.25) is 5.28 Å². The molecule has 1 aromatic heterocycles. The van der Waals surface area contributed by atoms with E-state index < -0.39 is 29.2 Å². The highest BCUT2D eigenvalue weighted by Gasteiger charge is 2.47. The number of aromatic nitrogens is 2. The highest BCUT2D eigenvalue weighted by Crippen LogP contribution is 2.37. The number of anilines is 1. The molecule has 2 saturated heterocycles. The lowest BCUT2D eigenvalue weighted by atomic mass is 10.2. The van der Waals surface area contributed by atoms with Crippen molar-refractivity contribution in [3.05, 3.63) is 17.0 Å². The lowest BCUT2D eigenvalue weighted by molar-refractivity contribution is -0.143. The number of carbonyl (C=O) groups is 1. The van der Waals surface area contributed by atoms with Crippen LogP contribution in [0.25, 0.3) is 0 Å². The first-order valence-electron chi connectivity index (χ1n) is 7.04. The van der Waals surface area contributed by atoms with Crippen LogP contribution in [0.15, 0.2) is 6.07 Å². The Kier molecular flexibility index (Phi) is 3.88. The van der Waals surface area contributed by atoms with Gasteiger partial charge in [0.15, 0.2) is 5.69 Å². The maximum atomic E-state index is 12.8. The van der Waals surface area contributed by atoms with Crippen LogP contribution in [-0.4, -0.2) is 57.2 Å². The van der Waals surface area contributed by atoms with E-state index in [1.807, 2.05) is 4.90 Å². The van der Waals surface area contributed by atoms with Crippen molar-refractivity contribution in [2.24, 2.45) is 0 Å². The number of hydrogen-bond donors (Lipinski definition) is 1. The van der Waals surface area contributed by atoms with Gasteiger partial charge in [-0.3, -0.25) is 9.69 Å². The Morgan fingerprint density at radius 3 is 2.61 bits per heavy atom. The molecular formula is C13H14ClF3N4O2. The molecule has 3 atom stereocenters. The largest absolute Gasteiger partial charge is 0.480 e. The first-order valence-corrected chi connectivity index (χ1v) is 7.41. The Hall–Kier alpha value is -1.61. The summed E-state index contributed by atoms with van der Waals surface area (Å²) >= 11 is 5.62. The molecule has 23 heavy (non-hydrogen) atoms. The van der Waals surface area contributed by atoms with Crippen LogP contribution in [0.4, 0.5) is 19.0 Å². The molecule has 0 saturated carbocycles. The topological polar surface area (TPSA) is 69.6 Å². The van der Waals surface area contributed by atoms with Gasteiger partial charge in [0, 0.05) is 31.2 Å². The van der Waals surface area contributed by atoms with Crippen molar-refractivity contribution in [3.63, 3.8) is 0 Å². The summed E-state index contributed by atoms with van der Waals surface area (Å²) in [7, 11) is 0. The Bertz CT molecular complexity index is 642. The van der Waals surface area contributed by atoms with E-state index in [4.69, 9.17) is 16.7 Å². The molecule has 2 aliphatic heterocycles. The van der Waals surface area contributed by atoms with E-state index in [0.29, 0.717) is 19.5 Å². The Balaban J connectivity index is 1.82. The van der Waals surface area contributed by atoms with Crippen molar-refractivity contribution in [2.45, 2.75) is 37.6 Å². The molecule has 3 heterocycles. The highest BCUT2D eigenvalue weighted by molar-refractivity contribution is 6.28. The average molecular weight is 351 g/mol. The second-order valence-electron chi connectivity index (χ2n) is 5.78. The summed E-state index contributed by atoms with van der Waals surface area (Å²) in [4.78, 5) is 21.8. The van der Waals surface area contributed by atoms with Gasteiger partial charge in [-0.1, -0.05) is 0 Å². The Labute approximate surface area is 134 Å². The van der Waals surface area contributed by atoms with Gasteiger partial charge in [0.25, 0.3) is 0 Å². The molecule has 3 rings (SSSR count). The number of halogens is 4. The smallest absolute Gasteiger partial charge is 0.433 e. The van der Waals surface area contributed by atoms with Gasteiger partial charge in [-0.2, -0.15) is 13.2 Å². The fourth-order valence-corrected chi connectivity index (χ4v) is 3.47. The van der Waals surface area contributed by atoms with Crippen molar-refractivity contribution >= 4 is 23.4 Å². The van der Waals surface area contributed by atoms with Gasteiger partial charge >= 0.3 is 12.1 Å². The molecule has 0 aromatic carbocycles. The maximum absolute atomic E-state index is 12.8. The predicted octanol–water partition coefficient (Wildman–Crippen LogP) is 1.88. The molecule has 0 amide bonds. The third-order valence-electron chi connectivity index (χ3n) is 4.41. The first kappa shape index (κ1) is 16.3. The van der Waals surface area contributed by atoms with E-state index in [-0.39, 0.29) is 17.9 Å². The second kappa shape index (κ2) is 5.48. The van der Waals surface area contributed by atoms with E-state index in [9.17, 15) is 18.0 Å². The number of alkyl halides is 3. The van der Waals surface area contributed by atoms with E-state index in [0.717, 1.165) is 6.07 Å². The fraction of sp³-hybridized carbons (Fsp3) is 0.615. The summed E-state index contributed by atoms with van der Waals surface area (Å²) in [6, 6.07) is 0.173. The summed E-state index contributed by atoms with van der Waals surface area (Å²) in [5.74, 6) is -0.777. The number of rotatable bonds is 3. The second-order valence-corrected chi connectivity index (χ2v) is 6.12. The number of likely N-dealkylation sites (tertiary alicyclic amines) is 1. The lowest BCUT2D eigenvalue weighted by Crippen LogP contribution is -2.52. The SMILES string of the molecule is CC(C(=O)O)N1C[C@@H]2C[C@H]1CN2c1cc(C(F)(F)F)nc(Cl)n1. The molecule has 1 N–H and O–H groups in total. The first-order chi connectivity index (χ1) is 10.7. The van der Waals surface area contributed by atoms with Crippen LogP contribution in [0.5, 0.6) is 0 Å². The van der Waals surface area contributed by atoms with Gasteiger partial charge in [0.05, 0.1) is 0 Å². The standard InChI is InChI=1S/C13H14ClF3N4O2/c1-6(11(22)23)20-4-8-2-7(20)5-21(8)10-3-9(13(15,16)17)18-12(14)19-10/h3,6-8H,2,4-5H2,1H3,(H,22,23)/t6?,7-,8-/m0/s1. The number of aliphatic carboxylic acids is 1. The van der Waals surface area contributed by atoms with Gasteiger partial charge < -0.3 is 10.0 Å². The third kappa shape index (κ3) is 2.94. The normalized spacial score (nSPS) is 25.9. The van der Waals surface area contributed by atoms with Crippen molar-refractivity contribution in [1.82, 2.24) is 14.9 Å². The van der Waals surface area contributed by atoms with Gasteiger partial charge in [0.1, 0.15) is 11.9 Å². The van der Waals surface area contributed by atoms with Gasteiger partial charge in [-0.05, 0) is 24.9 Å². The zero-order chi connectivity index (χ0) is 16.9. The number of carboxylic acids is 1. The molecule has 2 aliphatic rings. The molecule has 126 valence electrons. The number of fused-ring (bicyclic) bond motifs is 2. The van der Waals surface area contributed by atoms with Crippen LogP contribution in [0.1, 0.15) is 19.0 Å². The van der Waals surface area contributed by atoms with E-state index in [2.05, 4.69) is 9.97 Å². The quantitative estimate of drug-likeness (QED) is 0.839. The summed E-state index contributed by atoms with van der Waals surface area (Å²) in [6.45, 7) is 2.50. The summed E-state index contributed by atoms with van der Waals surface area (Å²) < 4.78 is 38.5. The van der Waals surface area contributed by atoms with Crippen LogP contribution in [0.3, 0.4) is 0 Å². The van der Waals surface area contributed by atoms with Crippen molar-refractivity contribution < 1.29 is 23.1 Å². The molecule has 0 aliphatic carbocycles. The molecule has 2 fully saturated rings. The Morgan fingerprint density at radius 1 is 1.39 bits per heavy atom. The molecular weight excluding hydrogens is 337 g/mol. The van der Waals surface area contributed by atoms with Gasteiger partial charge in [-0.25, -0.2) is 9.97 Å². The average Bonchev–Trinajstić information content (AvgIpc) is 3.04. The van der Waals surface area contributed by atoms with E-state index >= 15 is 0 Å². The molecule has 1 aromatic rings. The minimum absolute atomic E-state index is 0.0193. The van der Waals surface area contributed by atoms with Crippen LogP contribution in [0, 0.1) is 0 Å². The lowest BCUT2D eigenvalue weighted by Gasteiger charge is -2.36. The molecule has 0 spiro atoms. The number of piperazine rings is 1.